The highest BCUT2D eigenvalue weighted by Crippen LogP contribution is 2.42. The minimum atomic E-state index is -0.413. The summed E-state index contributed by atoms with van der Waals surface area (Å²) in [6, 6.07) is 4.49. The van der Waals surface area contributed by atoms with Crippen molar-refractivity contribution in [3.63, 3.8) is 0 Å². The summed E-state index contributed by atoms with van der Waals surface area (Å²) in [5, 5.41) is 0. The monoisotopic (exact) mass is 397 g/mol. The number of halogens is 1. The van der Waals surface area contributed by atoms with Crippen molar-refractivity contribution in [1.29, 1.82) is 0 Å². The first-order chi connectivity index (χ1) is 11.6. The van der Waals surface area contributed by atoms with Gasteiger partial charge in [0.15, 0.2) is 0 Å². The molecule has 25 heavy (non-hydrogen) atoms. The fourth-order valence-corrected chi connectivity index (χ4v) is 3.87. The van der Waals surface area contributed by atoms with Crippen LogP contribution in [0, 0.1) is 0 Å². The molecule has 1 aromatic carbocycles. The van der Waals surface area contributed by atoms with Crippen molar-refractivity contribution in [2.75, 3.05) is 0 Å². The van der Waals surface area contributed by atoms with Gasteiger partial charge in [0.1, 0.15) is 0 Å². The zero-order valence-corrected chi connectivity index (χ0v) is 16.8. The molecule has 1 aromatic rings. The molecule has 2 N–H and O–H groups in total. The highest BCUT2D eigenvalue weighted by Gasteiger charge is 2.28. The third-order valence-electron chi connectivity index (χ3n) is 4.90. The number of carbonyl (C=O) groups is 1. The number of hydrogen-bond donors (Lipinski definition) is 1. The Morgan fingerprint density at radius 3 is 2.60 bits per heavy atom. The zero-order chi connectivity index (χ0) is 18.5. The number of hydrogen-bond acceptors (Lipinski definition) is 1. The van der Waals surface area contributed by atoms with Crippen molar-refractivity contribution >= 4 is 33.5 Å². The highest BCUT2D eigenvalue weighted by atomic mass is 79.9. The van der Waals surface area contributed by atoms with Gasteiger partial charge in [-0.2, -0.15) is 0 Å². The molecule has 3 heteroatoms. The lowest BCUT2D eigenvalue weighted by atomic mass is 9.79. The van der Waals surface area contributed by atoms with Gasteiger partial charge >= 0.3 is 0 Å². The van der Waals surface area contributed by atoms with Gasteiger partial charge in [-0.05, 0) is 52.2 Å². The Labute approximate surface area is 158 Å². The Balaban J connectivity index is 2.33. The number of benzene rings is 1. The number of rotatable bonds is 2. The SMILES string of the molecule is C=C1C(c2cc(C(C)(C)C)cc3c2CC(C)=C3)=C(C(N)=O)C=CC1Br. The molecule has 0 bridgehead atoms. The van der Waals surface area contributed by atoms with Crippen LogP contribution in [0.5, 0.6) is 0 Å². The highest BCUT2D eigenvalue weighted by molar-refractivity contribution is 9.09. The second-order valence-corrected chi connectivity index (χ2v) is 8.93. The maximum Gasteiger partial charge on any atom is 0.249 e. The van der Waals surface area contributed by atoms with Crippen molar-refractivity contribution in [2.45, 2.75) is 44.4 Å². The topological polar surface area (TPSA) is 43.1 Å². The Morgan fingerprint density at radius 1 is 1.32 bits per heavy atom. The minimum Gasteiger partial charge on any atom is -0.366 e. The molecule has 2 aliphatic carbocycles. The number of allylic oxidation sites excluding steroid dienone is 4. The van der Waals surface area contributed by atoms with Crippen LogP contribution < -0.4 is 5.73 Å². The predicted octanol–water partition coefficient (Wildman–Crippen LogP) is 5.07. The fourth-order valence-electron chi connectivity index (χ4n) is 3.49. The van der Waals surface area contributed by atoms with Crippen LogP contribution in [0.4, 0.5) is 0 Å². The molecular weight excluding hydrogens is 374 g/mol. The molecule has 130 valence electrons. The van der Waals surface area contributed by atoms with Gasteiger partial charge < -0.3 is 5.73 Å². The molecule has 1 atom stereocenters. The number of carbonyl (C=O) groups excluding carboxylic acids is 1. The van der Waals surface area contributed by atoms with Gasteiger partial charge in [0.2, 0.25) is 5.91 Å². The number of nitrogens with two attached hydrogens (primary N) is 1. The van der Waals surface area contributed by atoms with E-state index >= 15 is 0 Å². The summed E-state index contributed by atoms with van der Waals surface area (Å²) in [4.78, 5) is 12.1. The molecule has 0 saturated heterocycles. The Hall–Kier alpha value is -1.87. The van der Waals surface area contributed by atoms with Crippen LogP contribution >= 0.6 is 15.9 Å². The van der Waals surface area contributed by atoms with Gasteiger partial charge in [-0.15, -0.1) is 0 Å². The molecule has 1 amide bonds. The molecule has 0 heterocycles. The van der Waals surface area contributed by atoms with Gasteiger partial charge in [0, 0.05) is 5.57 Å². The maximum absolute atomic E-state index is 12.1. The molecule has 1 unspecified atom stereocenters. The number of amides is 1. The molecule has 0 fully saturated rings. The average Bonchev–Trinajstić information content (AvgIpc) is 2.88. The van der Waals surface area contributed by atoms with Gasteiger partial charge in [-0.3, -0.25) is 4.79 Å². The maximum atomic E-state index is 12.1. The summed E-state index contributed by atoms with van der Waals surface area (Å²) < 4.78 is 0. The van der Waals surface area contributed by atoms with Gasteiger partial charge in [-0.25, -0.2) is 0 Å². The van der Waals surface area contributed by atoms with Gasteiger partial charge in [0.05, 0.1) is 4.83 Å². The molecule has 3 rings (SSSR count). The number of fused-ring (bicyclic) bond motifs is 1. The van der Waals surface area contributed by atoms with Crippen molar-refractivity contribution < 1.29 is 4.79 Å². The van der Waals surface area contributed by atoms with Crippen LogP contribution in [0.3, 0.4) is 0 Å². The molecule has 0 aromatic heterocycles. The molecule has 0 aliphatic heterocycles. The van der Waals surface area contributed by atoms with Crippen molar-refractivity contribution in [2.24, 2.45) is 5.73 Å². The second kappa shape index (κ2) is 6.14. The van der Waals surface area contributed by atoms with E-state index in [1.807, 2.05) is 12.2 Å². The largest absolute Gasteiger partial charge is 0.366 e. The normalized spacial score (nSPS) is 20.0. The standard InChI is InChI=1S/C22H24BrNO/c1-12-8-14-10-15(22(3,4)5)11-18(17(14)9-12)20-13(2)19(23)7-6-16(20)21(24)25/h6-8,10-11,19H,2,9H2,1,3-5H3,(H2,24,25). The Kier molecular flexibility index (Phi) is 4.40. The first-order valence-corrected chi connectivity index (χ1v) is 9.41. The molecule has 0 saturated carbocycles. The molecule has 2 nitrogen and oxygen atoms in total. The summed E-state index contributed by atoms with van der Waals surface area (Å²) in [6.07, 6.45) is 6.88. The Bertz CT molecular complexity index is 878. The summed E-state index contributed by atoms with van der Waals surface area (Å²) >= 11 is 3.63. The zero-order valence-electron chi connectivity index (χ0n) is 15.2. The second-order valence-electron chi connectivity index (χ2n) is 7.95. The summed E-state index contributed by atoms with van der Waals surface area (Å²) in [5.74, 6) is -0.413. The third-order valence-corrected chi connectivity index (χ3v) is 5.76. The van der Waals surface area contributed by atoms with E-state index in [-0.39, 0.29) is 10.2 Å². The first kappa shape index (κ1) is 17.9. The van der Waals surface area contributed by atoms with E-state index in [0.717, 1.165) is 23.1 Å². The van der Waals surface area contributed by atoms with E-state index in [9.17, 15) is 4.79 Å². The summed E-state index contributed by atoms with van der Waals surface area (Å²) in [6.45, 7) is 13.0. The predicted molar refractivity (Wildman–Crippen MR) is 110 cm³/mol. The molecular formula is C22H24BrNO. The van der Waals surface area contributed by atoms with E-state index in [1.54, 1.807) is 0 Å². The van der Waals surface area contributed by atoms with Crippen LogP contribution in [0.15, 0.2) is 47.6 Å². The van der Waals surface area contributed by atoms with Crippen LogP contribution in [0.25, 0.3) is 11.6 Å². The smallest absolute Gasteiger partial charge is 0.249 e. The summed E-state index contributed by atoms with van der Waals surface area (Å²) in [5.41, 5.74) is 14.2. The van der Waals surface area contributed by atoms with Gasteiger partial charge in [0.25, 0.3) is 0 Å². The first-order valence-electron chi connectivity index (χ1n) is 8.50. The lowest BCUT2D eigenvalue weighted by Gasteiger charge is -2.26. The quantitative estimate of drug-likeness (QED) is 0.695. The van der Waals surface area contributed by atoms with E-state index in [2.05, 4.69) is 68.4 Å². The van der Waals surface area contributed by atoms with Crippen molar-refractivity contribution in [1.82, 2.24) is 0 Å². The van der Waals surface area contributed by atoms with E-state index in [0.29, 0.717) is 5.57 Å². The molecule has 0 radical (unpaired) electrons. The number of primary amides is 1. The number of alkyl halides is 1. The Morgan fingerprint density at radius 2 is 2.00 bits per heavy atom. The fraction of sp³-hybridized carbons (Fsp3) is 0.318. The summed E-state index contributed by atoms with van der Waals surface area (Å²) in [7, 11) is 0. The molecule has 0 spiro atoms. The van der Waals surface area contributed by atoms with Crippen molar-refractivity contribution in [3.05, 3.63) is 69.8 Å². The lowest BCUT2D eigenvalue weighted by molar-refractivity contribution is -0.114. The molecule has 2 aliphatic rings. The van der Waals surface area contributed by atoms with Gasteiger partial charge in [-0.1, -0.05) is 79.2 Å². The van der Waals surface area contributed by atoms with Crippen LogP contribution in [-0.2, 0) is 16.6 Å². The van der Waals surface area contributed by atoms with Crippen LogP contribution in [0.2, 0.25) is 0 Å². The lowest BCUT2D eigenvalue weighted by Crippen LogP contribution is -2.20. The minimum absolute atomic E-state index is 0.00926. The van der Waals surface area contributed by atoms with E-state index in [1.165, 1.54) is 22.3 Å². The van der Waals surface area contributed by atoms with E-state index in [4.69, 9.17) is 5.73 Å². The van der Waals surface area contributed by atoms with E-state index < -0.39 is 5.91 Å². The van der Waals surface area contributed by atoms with Crippen LogP contribution in [-0.4, -0.2) is 10.7 Å². The van der Waals surface area contributed by atoms with Crippen molar-refractivity contribution in [3.8, 4) is 0 Å². The average molecular weight is 398 g/mol. The van der Waals surface area contributed by atoms with Crippen LogP contribution in [0.1, 0.15) is 49.9 Å². The third kappa shape index (κ3) is 3.18.